The van der Waals surface area contributed by atoms with E-state index in [2.05, 4.69) is 9.46 Å². The van der Waals surface area contributed by atoms with Crippen LogP contribution in [0.4, 0.5) is 0 Å². The molecule has 0 spiro atoms. The highest BCUT2D eigenvalue weighted by Gasteiger charge is 2.26. The summed E-state index contributed by atoms with van der Waals surface area (Å²) in [4.78, 5) is 22.3. The molecular formula is C12H17NO6S2. The molecular weight excluding hydrogens is 318 g/mol. The molecule has 1 atom stereocenters. The minimum Gasteiger partial charge on any atom is -0.481 e. The molecule has 1 heterocycles. The van der Waals surface area contributed by atoms with Gasteiger partial charge in [-0.15, -0.1) is 11.3 Å². The largest absolute Gasteiger partial charge is 0.481 e. The van der Waals surface area contributed by atoms with Crippen LogP contribution >= 0.6 is 11.3 Å². The number of rotatable bonds is 8. The molecule has 1 aromatic rings. The van der Waals surface area contributed by atoms with Gasteiger partial charge >= 0.3 is 11.9 Å². The van der Waals surface area contributed by atoms with Crippen molar-refractivity contribution in [1.82, 2.24) is 4.72 Å². The van der Waals surface area contributed by atoms with Gasteiger partial charge in [-0.3, -0.25) is 4.79 Å². The molecule has 2 N–H and O–H groups in total. The van der Waals surface area contributed by atoms with Crippen molar-refractivity contribution in [3.05, 3.63) is 16.3 Å². The van der Waals surface area contributed by atoms with Crippen LogP contribution < -0.4 is 4.72 Å². The highest BCUT2D eigenvalue weighted by Crippen LogP contribution is 2.22. The zero-order valence-electron chi connectivity index (χ0n) is 11.7. The van der Waals surface area contributed by atoms with Crippen molar-refractivity contribution in [2.45, 2.75) is 24.7 Å². The molecule has 9 heteroatoms. The van der Waals surface area contributed by atoms with Crippen molar-refractivity contribution in [2.75, 3.05) is 13.7 Å². The highest BCUT2D eigenvalue weighted by molar-refractivity contribution is 7.89. The molecule has 0 radical (unpaired) electrons. The average Bonchev–Trinajstić information content (AvgIpc) is 2.92. The molecule has 1 aromatic heterocycles. The molecule has 0 bridgehead atoms. The maximum atomic E-state index is 12.2. The van der Waals surface area contributed by atoms with Crippen molar-refractivity contribution in [2.24, 2.45) is 5.92 Å². The Labute approximate surface area is 127 Å². The summed E-state index contributed by atoms with van der Waals surface area (Å²) in [6.45, 7) is 1.60. The molecule has 1 unspecified atom stereocenters. The van der Waals surface area contributed by atoms with E-state index in [9.17, 15) is 18.0 Å². The number of esters is 1. The number of methoxy groups -OCH3 is 1. The summed E-state index contributed by atoms with van der Waals surface area (Å²) in [5, 5.41) is 10.5. The smallest absolute Gasteiger partial charge is 0.349 e. The molecule has 0 saturated carbocycles. The molecule has 0 aliphatic carbocycles. The van der Waals surface area contributed by atoms with Gasteiger partial charge in [-0.05, 0) is 17.9 Å². The first-order valence-electron chi connectivity index (χ1n) is 6.21. The van der Waals surface area contributed by atoms with Gasteiger partial charge in [0.1, 0.15) is 9.77 Å². The van der Waals surface area contributed by atoms with Crippen LogP contribution in [0.25, 0.3) is 0 Å². The van der Waals surface area contributed by atoms with Crippen molar-refractivity contribution < 1.29 is 27.9 Å². The van der Waals surface area contributed by atoms with Gasteiger partial charge in [0.15, 0.2) is 0 Å². The lowest BCUT2D eigenvalue weighted by Gasteiger charge is -2.12. The van der Waals surface area contributed by atoms with E-state index in [4.69, 9.17) is 5.11 Å². The van der Waals surface area contributed by atoms with Gasteiger partial charge in [0.05, 0.1) is 13.0 Å². The molecule has 1 rings (SSSR count). The second-order valence-electron chi connectivity index (χ2n) is 4.28. The number of ether oxygens (including phenoxy) is 1. The third kappa shape index (κ3) is 4.51. The average molecular weight is 335 g/mol. The van der Waals surface area contributed by atoms with Gasteiger partial charge in [-0.2, -0.15) is 0 Å². The van der Waals surface area contributed by atoms with E-state index in [1.165, 1.54) is 11.4 Å². The molecule has 0 aliphatic heterocycles. The fourth-order valence-electron chi connectivity index (χ4n) is 1.70. The Kier molecular flexibility index (Phi) is 6.31. The summed E-state index contributed by atoms with van der Waals surface area (Å²) >= 11 is 0.950. The first-order valence-corrected chi connectivity index (χ1v) is 8.58. The summed E-state index contributed by atoms with van der Waals surface area (Å²) in [5.74, 6) is -2.60. The van der Waals surface area contributed by atoms with E-state index in [0.29, 0.717) is 12.8 Å². The third-order valence-electron chi connectivity index (χ3n) is 2.80. The van der Waals surface area contributed by atoms with Crippen molar-refractivity contribution in [1.29, 1.82) is 0 Å². The number of aliphatic carboxylic acids is 1. The van der Waals surface area contributed by atoms with Crippen LogP contribution in [0, 0.1) is 5.92 Å². The number of carboxylic acid groups (broad SMARTS) is 1. The lowest BCUT2D eigenvalue weighted by Crippen LogP contribution is -2.33. The Morgan fingerprint density at radius 1 is 1.48 bits per heavy atom. The lowest BCUT2D eigenvalue weighted by molar-refractivity contribution is -0.141. The molecule has 0 aliphatic rings. The molecule has 118 valence electrons. The standard InChI is InChI=1S/C12H17NO6S2/c1-3-4-8(11(14)15)7-13-21(17,18)9-5-6-20-10(9)12(16)19-2/h5-6,8,13H,3-4,7H2,1-2H3,(H,14,15). The van der Waals surface area contributed by atoms with Crippen molar-refractivity contribution >= 4 is 33.3 Å². The topological polar surface area (TPSA) is 110 Å². The van der Waals surface area contributed by atoms with Gasteiger partial charge in [-0.1, -0.05) is 13.3 Å². The zero-order chi connectivity index (χ0) is 16.0. The first-order chi connectivity index (χ1) is 9.83. The van der Waals surface area contributed by atoms with Crippen LogP contribution in [0.3, 0.4) is 0 Å². The summed E-state index contributed by atoms with van der Waals surface area (Å²) in [5.41, 5.74) is 0. The quantitative estimate of drug-likeness (QED) is 0.693. The van der Waals surface area contributed by atoms with Crippen LogP contribution in [0.1, 0.15) is 29.4 Å². The number of hydrogen-bond acceptors (Lipinski definition) is 6. The van der Waals surface area contributed by atoms with E-state index < -0.39 is 27.9 Å². The Hall–Kier alpha value is -1.45. The SMILES string of the molecule is CCCC(CNS(=O)(=O)c1ccsc1C(=O)OC)C(=O)O. The van der Waals surface area contributed by atoms with Crippen LogP contribution in [-0.4, -0.2) is 39.1 Å². The Balaban J connectivity index is 2.90. The van der Waals surface area contributed by atoms with Gasteiger partial charge in [0.2, 0.25) is 10.0 Å². The van der Waals surface area contributed by atoms with Crippen LogP contribution in [0.2, 0.25) is 0 Å². The van der Waals surface area contributed by atoms with Gasteiger partial charge in [0, 0.05) is 6.54 Å². The minimum absolute atomic E-state index is 0.0348. The molecule has 7 nitrogen and oxygen atoms in total. The fourth-order valence-corrected chi connectivity index (χ4v) is 4.11. The number of sulfonamides is 1. The van der Waals surface area contributed by atoms with E-state index in [0.717, 1.165) is 18.4 Å². The van der Waals surface area contributed by atoms with E-state index >= 15 is 0 Å². The molecule has 21 heavy (non-hydrogen) atoms. The van der Waals surface area contributed by atoms with Crippen LogP contribution in [0.15, 0.2) is 16.3 Å². The summed E-state index contributed by atoms with van der Waals surface area (Å²) in [7, 11) is -2.79. The van der Waals surface area contributed by atoms with Crippen LogP contribution in [0.5, 0.6) is 0 Å². The van der Waals surface area contributed by atoms with E-state index in [1.807, 2.05) is 6.92 Å². The predicted molar refractivity (Wildman–Crippen MR) is 76.9 cm³/mol. The normalized spacial score (nSPS) is 12.9. The highest BCUT2D eigenvalue weighted by atomic mass is 32.2. The Morgan fingerprint density at radius 3 is 2.67 bits per heavy atom. The molecule has 0 saturated heterocycles. The summed E-state index contributed by atoms with van der Waals surface area (Å²) in [6, 6.07) is 1.29. The number of hydrogen-bond donors (Lipinski definition) is 2. The first kappa shape index (κ1) is 17.6. The van der Waals surface area contributed by atoms with Crippen molar-refractivity contribution in [3.8, 4) is 0 Å². The summed E-state index contributed by atoms with van der Waals surface area (Å²) < 4.78 is 31.1. The summed E-state index contributed by atoms with van der Waals surface area (Å²) in [6.07, 6.45) is 0.996. The predicted octanol–water partition coefficient (Wildman–Crippen LogP) is 1.31. The maximum absolute atomic E-state index is 12.2. The molecule has 0 fully saturated rings. The number of nitrogens with one attached hydrogen (secondary N) is 1. The monoisotopic (exact) mass is 335 g/mol. The molecule has 0 aromatic carbocycles. The van der Waals surface area contributed by atoms with Crippen molar-refractivity contribution in [3.63, 3.8) is 0 Å². The number of thiophene rings is 1. The van der Waals surface area contributed by atoms with E-state index in [1.54, 1.807) is 0 Å². The maximum Gasteiger partial charge on any atom is 0.349 e. The lowest BCUT2D eigenvalue weighted by atomic mass is 10.1. The molecule has 0 amide bonds. The zero-order valence-corrected chi connectivity index (χ0v) is 13.3. The Bertz CT molecular complexity index is 607. The Morgan fingerprint density at radius 2 is 2.14 bits per heavy atom. The second kappa shape index (κ2) is 7.53. The van der Waals surface area contributed by atoms with Gasteiger partial charge in [-0.25, -0.2) is 17.9 Å². The third-order valence-corrected chi connectivity index (χ3v) is 5.29. The second-order valence-corrected chi connectivity index (χ2v) is 6.93. The van der Waals surface area contributed by atoms with Gasteiger partial charge < -0.3 is 9.84 Å². The number of carbonyl (C=O) groups excluding carboxylic acids is 1. The van der Waals surface area contributed by atoms with Gasteiger partial charge in [0.25, 0.3) is 0 Å². The minimum atomic E-state index is -3.95. The fraction of sp³-hybridized carbons (Fsp3) is 0.500. The number of carboxylic acids is 1. The van der Waals surface area contributed by atoms with Crippen LogP contribution in [-0.2, 0) is 19.6 Å². The number of carbonyl (C=O) groups is 2. The van der Waals surface area contributed by atoms with E-state index in [-0.39, 0.29) is 16.3 Å².